The summed E-state index contributed by atoms with van der Waals surface area (Å²) in [5.41, 5.74) is 0. The van der Waals surface area contributed by atoms with Crippen molar-refractivity contribution < 1.29 is 18.5 Å². The molecule has 4 atom stereocenters. The highest BCUT2D eigenvalue weighted by Crippen LogP contribution is 2.47. The minimum absolute atomic E-state index is 0.131. The highest BCUT2D eigenvalue weighted by molar-refractivity contribution is 14.1. The van der Waals surface area contributed by atoms with Crippen LogP contribution in [0.5, 0.6) is 0 Å². The molecule has 2 heterocycles. The van der Waals surface area contributed by atoms with Crippen LogP contribution in [-0.2, 0) is 25.1 Å². The van der Waals surface area contributed by atoms with Crippen molar-refractivity contribution in [3.8, 4) is 0 Å². The molecule has 7 heteroatoms. The highest BCUT2D eigenvalue weighted by Gasteiger charge is 2.66. The van der Waals surface area contributed by atoms with Gasteiger partial charge in [-0.3, -0.25) is 0 Å². The van der Waals surface area contributed by atoms with Gasteiger partial charge in [-0.25, -0.2) is 0 Å². The summed E-state index contributed by atoms with van der Waals surface area (Å²) in [6.07, 6.45) is -0.378. The first-order valence-electron chi connectivity index (χ1n) is 11.1. The molecule has 2 aromatic carbocycles. The molecule has 2 fully saturated rings. The molecule has 2 aromatic rings. The van der Waals surface area contributed by atoms with Crippen molar-refractivity contribution in [2.75, 3.05) is 16.8 Å². The number of hydrogen-bond acceptors (Lipinski definition) is 4. The predicted octanol–water partition coefficient (Wildman–Crippen LogP) is 4.02. The monoisotopic (exact) mass is 584 g/mol. The second-order valence-electron chi connectivity index (χ2n) is 10.3. The molecule has 2 aliphatic rings. The van der Waals surface area contributed by atoms with Gasteiger partial charge in [0.05, 0.1) is 11.0 Å². The van der Waals surface area contributed by atoms with Gasteiger partial charge >= 0.3 is 0 Å². The molecule has 0 amide bonds. The van der Waals surface area contributed by atoms with Crippen molar-refractivity contribution in [2.24, 2.45) is 0 Å². The number of benzene rings is 2. The SMILES string of the molecule is CC1(C)O[C@H]2C[S@@+]([O-])[C@](CI)(CO[Si](c3ccccc3)(c3ccccc3)C(C)(C)C)[C@H]2O1. The van der Waals surface area contributed by atoms with E-state index in [1.165, 1.54) is 10.4 Å². The molecule has 0 N–H and O–H groups in total. The summed E-state index contributed by atoms with van der Waals surface area (Å²) in [6.45, 7) is 11.1. The van der Waals surface area contributed by atoms with Crippen molar-refractivity contribution in [1.82, 2.24) is 0 Å². The summed E-state index contributed by atoms with van der Waals surface area (Å²) >= 11 is 1.26. The van der Waals surface area contributed by atoms with Gasteiger partial charge < -0.3 is 18.5 Å². The second-order valence-corrected chi connectivity index (χ2v) is 17.2. The summed E-state index contributed by atoms with van der Waals surface area (Å²) < 4.78 is 33.2. The highest BCUT2D eigenvalue weighted by atomic mass is 127. The van der Waals surface area contributed by atoms with E-state index >= 15 is 0 Å². The quantitative estimate of drug-likeness (QED) is 0.223. The molecule has 0 aromatic heterocycles. The van der Waals surface area contributed by atoms with Crippen LogP contribution in [0.1, 0.15) is 34.6 Å². The summed E-state index contributed by atoms with van der Waals surface area (Å²) in [7, 11) is -2.72. The summed E-state index contributed by atoms with van der Waals surface area (Å²) in [4.78, 5) is 0. The molecule has 0 bridgehead atoms. The molecular weight excluding hydrogens is 551 g/mol. The Morgan fingerprint density at radius 2 is 1.56 bits per heavy atom. The lowest BCUT2D eigenvalue weighted by molar-refractivity contribution is -0.149. The fraction of sp³-hybridized carbons (Fsp3) is 0.520. The van der Waals surface area contributed by atoms with Crippen molar-refractivity contribution in [3.63, 3.8) is 0 Å². The zero-order valence-corrected chi connectivity index (χ0v) is 23.4. The van der Waals surface area contributed by atoms with Crippen LogP contribution in [-0.4, -0.2) is 52.4 Å². The lowest BCUT2D eigenvalue weighted by Gasteiger charge is -2.45. The molecule has 0 saturated carbocycles. The zero-order valence-electron chi connectivity index (χ0n) is 19.5. The first-order chi connectivity index (χ1) is 15.1. The Morgan fingerprint density at radius 3 is 2.03 bits per heavy atom. The van der Waals surface area contributed by atoms with E-state index in [1.807, 2.05) is 26.0 Å². The first kappa shape index (κ1) is 24.7. The van der Waals surface area contributed by atoms with E-state index in [4.69, 9.17) is 13.9 Å². The number of hydrogen-bond donors (Lipinski definition) is 0. The average molecular weight is 585 g/mol. The lowest BCUT2D eigenvalue weighted by atomic mass is 10.0. The lowest BCUT2D eigenvalue weighted by Crippen LogP contribution is -2.68. The smallest absolute Gasteiger partial charge is 0.261 e. The maximum atomic E-state index is 13.5. The third-order valence-electron chi connectivity index (χ3n) is 6.65. The van der Waals surface area contributed by atoms with Gasteiger partial charge in [-0.15, -0.1) is 0 Å². The summed E-state index contributed by atoms with van der Waals surface area (Å²) in [5.74, 6) is -0.157. The number of fused-ring (bicyclic) bond motifs is 1. The van der Waals surface area contributed by atoms with Crippen molar-refractivity contribution in [1.29, 1.82) is 0 Å². The molecule has 4 rings (SSSR count). The second kappa shape index (κ2) is 8.98. The summed E-state index contributed by atoms with van der Waals surface area (Å²) in [5, 5.41) is 2.33. The average Bonchev–Trinajstić information content (AvgIpc) is 3.18. The molecule has 0 radical (unpaired) electrons. The number of halogens is 1. The van der Waals surface area contributed by atoms with Gasteiger partial charge in [0.15, 0.2) is 10.5 Å². The zero-order chi connectivity index (χ0) is 23.2. The molecule has 0 unspecified atom stereocenters. The number of alkyl halides is 1. The van der Waals surface area contributed by atoms with Crippen molar-refractivity contribution >= 4 is 52.5 Å². The standard InChI is InChI=1S/C25H33IO4SSi/c1-23(2,3)32(19-12-8-6-9-13-19,20-14-10-7-11-15-20)28-18-25(17-26)22-21(16-31(25)27)29-24(4,5)30-22/h6-15,21-22H,16-18H2,1-5H3/t21-,22-,25+,31+/m0/s1. The van der Waals surface area contributed by atoms with E-state index < -0.39 is 30.0 Å². The van der Waals surface area contributed by atoms with Crippen molar-refractivity contribution in [2.45, 2.75) is 62.4 Å². The van der Waals surface area contributed by atoms with E-state index in [9.17, 15) is 4.55 Å². The van der Waals surface area contributed by atoms with Crippen LogP contribution in [0.25, 0.3) is 0 Å². The predicted molar refractivity (Wildman–Crippen MR) is 142 cm³/mol. The molecule has 174 valence electrons. The minimum Gasteiger partial charge on any atom is -0.616 e. The summed E-state index contributed by atoms with van der Waals surface area (Å²) in [6, 6.07) is 21.2. The Bertz CT molecular complexity index is 881. The van der Waals surface area contributed by atoms with Gasteiger partial charge in [0.2, 0.25) is 0 Å². The molecule has 2 aliphatic heterocycles. The van der Waals surface area contributed by atoms with Crippen molar-refractivity contribution in [3.05, 3.63) is 60.7 Å². The van der Waals surface area contributed by atoms with Crippen LogP contribution in [0.3, 0.4) is 0 Å². The van der Waals surface area contributed by atoms with Crippen LogP contribution >= 0.6 is 22.6 Å². The van der Waals surface area contributed by atoms with Crippen LogP contribution in [0.4, 0.5) is 0 Å². The molecule has 32 heavy (non-hydrogen) atoms. The van der Waals surface area contributed by atoms with Crippen LogP contribution < -0.4 is 10.4 Å². The first-order valence-corrected chi connectivity index (χ1v) is 15.9. The van der Waals surface area contributed by atoms with Crippen LogP contribution in [0.15, 0.2) is 60.7 Å². The number of ether oxygens (including phenoxy) is 2. The largest absolute Gasteiger partial charge is 0.616 e. The Hall–Kier alpha value is -0.423. The fourth-order valence-electron chi connectivity index (χ4n) is 5.16. The Labute approximate surface area is 209 Å². The van der Waals surface area contributed by atoms with Crippen LogP contribution in [0, 0.1) is 0 Å². The third-order valence-corrected chi connectivity index (χ3v) is 15.5. The Kier molecular flexibility index (Phi) is 6.93. The molecule has 2 saturated heterocycles. The van der Waals surface area contributed by atoms with E-state index in [1.54, 1.807) is 0 Å². The van der Waals surface area contributed by atoms with E-state index in [2.05, 4.69) is 91.9 Å². The van der Waals surface area contributed by atoms with Gasteiger partial charge in [0.1, 0.15) is 18.0 Å². The Morgan fingerprint density at radius 1 is 1.03 bits per heavy atom. The third kappa shape index (κ3) is 4.12. The van der Waals surface area contributed by atoms with Gasteiger partial charge in [-0.1, -0.05) is 104 Å². The molecule has 4 nitrogen and oxygen atoms in total. The molecule has 0 aliphatic carbocycles. The van der Waals surface area contributed by atoms with E-state index in [-0.39, 0.29) is 17.2 Å². The van der Waals surface area contributed by atoms with Gasteiger partial charge in [0.25, 0.3) is 8.32 Å². The van der Waals surface area contributed by atoms with E-state index in [0.29, 0.717) is 16.8 Å². The van der Waals surface area contributed by atoms with Gasteiger partial charge in [0, 0.05) is 0 Å². The van der Waals surface area contributed by atoms with Gasteiger partial charge in [-0.05, 0) is 40.4 Å². The molecular formula is C25H33IO4SSi. The fourth-order valence-corrected chi connectivity index (χ4v) is 13.2. The maximum absolute atomic E-state index is 13.5. The van der Waals surface area contributed by atoms with Gasteiger partial charge in [-0.2, -0.15) is 0 Å². The van der Waals surface area contributed by atoms with Crippen LogP contribution in [0.2, 0.25) is 5.04 Å². The Balaban J connectivity index is 1.78. The topological polar surface area (TPSA) is 50.8 Å². The molecule has 0 spiro atoms. The van der Waals surface area contributed by atoms with E-state index in [0.717, 1.165) is 0 Å². The minimum atomic E-state index is -2.72. The maximum Gasteiger partial charge on any atom is 0.261 e. The normalized spacial score (nSPS) is 29.8. The number of rotatable bonds is 6.